The summed E-state index contributed by atoms with van der Waals surface area (Å²) in [6.07, 6.45) is 5.69. The van der Waals surface area contributed by atoms with Gasteiger partial charge in [-0.25, -0.2) is 17.9 Å². The molecule has 0 saturated heterocycles. The fourth-order valence-electron chi connectivity index (χ4n) is 8.72. The Labute approximate surface area is 278 Å². The number of rotatable bonds is 8. The third-order valence-corrected chi connectivity index (χ3v) is 11.2. The van der Waals surface area contributed by atoms with Crippen molar-refractivity contribution >= 4 is 44.4 Å². The fraction of sp³-hybridized carbons (Fsp3) is 0.361. The second kappa shape index (κ2) is 11.9. The molecule has 9 nitrogen and oxygen atoms in total. The molecule has 1 amide bonds. The average molecular weight is 674 g/mol. The van der Waals surface area contributed by atoms with Gasteiger partial charge in [0.2, 0.25) is 10.0 Å². The maximum atomic E-state index is 13.9. The lowest BCUT2D eigenvalue weighted by Gasteiger charge is -2.59. The maximum absolute atomic E-state index is 13.9. The molecule has 4 fully saturated rings. The zero-order chi connectivity index (χ0) is 33.1. The van der Waals surface area contributed by atoms with Crippen molar-refractivity contribution in [1.29, 1.82) is 0 Å². The van der Waals surface area contributed by atoms with Gasteiger partial charge in [-0.1, -0.05) is 41.9 Å². The monoisotopic (exact) mass is 673 g/mol. The largest absolute Gasteiger partial charge is 0.464 e. The number of methoxy groups -OCH3 is 1. The first kappa shape index (κ1) is 31.6. The van der Waals surface area contributed by atoms with Gasteiger partial charge in [-0.05, 0) is 97.9 Å². The van der Waals surface area contributed by atoms with Gasteiger partial charge in [0.05, 0.1) is 18.9 Å². The van der Waals surface area contributed by atoms with Crippen LogP contribution in [0.15, 0.2) is 77.6 Å². The third kappa shape index (κ3) is 5.98. The first-order valence-electron chi connectivity index (χ1n) is 15.8. The highest BCUT2D eigenvalue weighted by Crippen LogP contribution is 2.56. The molecule has 4 aliphatic carbocycles. The van der Waals surface area contributed by atoms with Crippen molar-refractivity contribution in [2.24, 2.45) is 17.8 Å². The number of para-hydroxylation sites is 1. The van der Waals surface area contributed by atoms with E-state index < -0.39 is 21.5 Å². The lowest BCUT2D eigenvalue weighted by molar-refractivity contribution is -0.0347. The highest BCUT2D eigenvalue weighted by Gasteiger charge is 2.56. The van der Waals surface area contributed by atoms with E-state index in [2.05, 4.69) is 10.0 Å². The van der Waals surface area contributed by atoms with Gasteiger partial charge in [-0.15, -0.1) is 0 Å². The molecule has 244 valence electrons. The SMILES string of the molecule is COC(=O)c1c(Cc2ccc(C(=O)N[C@@H]3[C@@H]4C[C@@H]5C[C@H]3C[C@](NS(C)(=O)=O)(C5)C4)cc2)c(=O)c2ccc(Cl)cc2n1-c1ccccc1. The van der Waals surface area contributed by atoms with Crippen LogP contribution in [0.3, 0.4) is 0 Å². The topological polar surface area (TPSA) is 124 Å². The highest BCUT2D eigenvalue weighted by molar-refractivity contribution is 7.88. The summed E-state index contributed by atoms with van der Waals surface area (Å²) in [4.78, 5) is 40.7. The van der Waals surface area contributed by atoms with E-state index in [4.69, 9.17) is 16.3 Å². The predicted molar refractivity (Wildman–Crippen MR) is 181 cm³/mol. The van der Waals surface area contributed by atoms with E-state index in [-0.39, 0.29) is 46.9 Å². The van der Waals surface area contributed by atoms with E-state index in [0.717, 1.165) is 37.7 Å². The van der Waals surface area contributed by atoms with Crippen LogP contribution < -0.4 is 15.5 Å². The smallest absolute Gasteiger partial charge is 0.355 e. The molecule has 11 heteroatoms. The molecule has 5 atom stereocenters. The van der Waals surface area contributed by atoms with Crippen LogP contribution in [0.25, 0.3) is 16.6 Å². The Balaban J connectivity index is 1.17. The van der Waals surface area contributed by atoms with Crippen LogP contribution in [0.1, 0.15) is 64.1 Å². The van der Waals surface area contributed by atoms with Gasteiger partial charge in [0.15, 0.2) is 5.43 Å². The predicted octanol–water partition coefficient (Wildman–Crippen LogP) is 5.25. The number of nitrogens with one attached hydrogen (secondary N) is 2. The quantitative estimate of drug-likeness (QED) is 0.247. The van der Waals surface area contributed by atoms with Crippen LogP contribution in [0, 0.1) is 17.8 Å². The lowest BCUT2D eigenvalue weighted by Crippen LogP contribution is -2.66. The summed E-state index contributed by atoms with van der Waals surface area (Å²) in [5.74, 6) is 0.101. The number of sulfonamides is 1. The number of nitrogens with zero attached hydrogens (tertiary/aromatic N) is 1. The number of halogens is 1. The van der Waals surface area contributed by atoms with Crippen LogP contribution in [-0.2, 0) is 21.2 Å². The van der Waals surface area contributed by atoms with Gasteiger partial charge in [-0.3, -0.25) is 9.59 Å². The molecule has 4 bridgehead atoms. The van der Waals surface area contributed by atoms with Crippen molar-refractivity contribution in [3.05, 3.63) is 110 Å². The molecule has 1 aromatic heterocycles. The average Bonchev–Trinajstić information content (AvgIpc) is 3.02. The van der Waals surface area contributed by atoms with E-state index in [1.165, 1.54) is 13.4 Å². The Morgan fingerprint density at radius 2 is 1.66 bits per heavy atom. The number of aromatic nitrogens is 1. The zero-order valence-electron chi connectivity index (χ0n) is 26.2. The summed E-state index contributed by atoms with van der Waals surface area (Å²) in [7, 11) is -2.04. The highest BCUT2D eigenvalue weighted by atomic mass is 35.5. The number of pyridine rings is 1. The van der Waals surface area contributed by atoms with Gasteiger partial charge >= 0.3 is 5.97 Å². The molecule has 8 rings (SSSR count). The van der Waals surface area contributed by atoms with Crippen molar-refractivity contribution in [3.8, 4) is 5.69 Å². The first-order chi connectivity index (χ1) is 22.4. The molecule has 4 saturated carbocycles. The van der Waals surface area contributed by atoms with Gasteiger partial charge in [0, 0.05) is 45.2 Å². The van der Waals surface area contributed by atoms with Gasteiger partial charge in [-0.2, -0.15) is 0 Å². The molecule has 2 N–H and O–H groups in total. The third-order valence-electron chi connectivity index (χ3n) is 10.2. The molecule has 0 unspecified atom stereocenters. The van der Waals surface area contributed by atoms with Crippen LogP contribution >= 0.6 is 11.6 Å². The number of ether oxygens (including phenoxy) is 1. The van der Waals surface area contributed by atoms with E-state index in [1.807, 2.05) is 30.3 Å². The van der Waals surface area contributed by atoms with E-state index in [0.29, 0.717) is 33.1 Å². The number of hydrogen-bond acceptors (Lipinski definition) is 6. The summed E-state index contributed by atoms with van der Waals surface area (Å²) in [6.45, 7) is 0. The van der Waals surface area contributed by atoms with E-state index >= 15 is 0 Å². The van der Waals surface area contributed by atoms with Gasteiger partial charge < -0.3 is 14.6 Å². The summed E-state index contributed by atoms with van der Waals surface area (Å²) >= 11 is 6.34. The zero-order valence-corrected chi connectivity index (χ0v) is 27.7. The summed E-state index contributed by atoms with van der Waals surface area (Å²) < 4.78 is 34.1. The standard InChI is InChI=1S/C36H36ClN3O6S/c1-46-35(43)32-29(33(41)28-13-12-26(37)17-30(28)40(32)27-6-4-3-5-7-27)16-21-8-10-23(11-9-21)34(42)38-31-24-14-22-15-25(31)20-36(18-22,19-24)39-47(2,44)45/h3-13,17,22,24-25,31,39H,14-16,18-20H2,1-2H3,(H,38,42)/t22-,24-,25+,31-,36+. The molecular weight excluding hydrogens is 638 g/mol. The van der Waals surface area contributed by atoms with Crippen molar-refractivity contribution in [1.82, 2.24) is 14.6 Å². The van der Waals surface area contributed by atoms with Crippen molar-refractivity contribution in [2.75, 3.05) is 13.4 Å². The summed E-state index contributed by atoms with van der Waals surface area (Å²) in [5, 5.41) is 4.12. The number of fused-ring (bicyclic) bond motifs is 1. The van der Waals surface area contributed by atoms with Crippen LogP contribution in [-0.4, -0.2) is 49.8 Å². The molecule has 0 spiro atoms. The molecule has 3 aromatic carbocycles. The Kier molecular flexibility index (Phi) is 8.01. The number of hydrogen-bond donors (Lipinski definition) is 2. The first-order valence-corrected chi connectivity index (χ1v) is 18.1. The minimum absolute atomic E-state index is 0.00150. The second-order valence-electron chi connectivity index (χ2n) is 13.5. The number of carbonyl (C=O) groups is 2. The van der Waals surface area contributed by atoms with Gasteiger partial charge in [0.1, 0.15) is 5.69 Å². The molecule has 0 radical (unpaired) electrons. The van der Waals surface area contributed by atoms with Crippen LogP contribution in [0.2, 0.25) is 5.02 Å². The summed E-state index contributed by atoms with van der Waals surface area (Å²) in [5.41, 5.74) is 2.11. The number of benzene rings is 3. The van der Waals surface area contributed by atoms with Crippen LogP contribution in [0.4, 0.5) is 0 Å². The molecule has 4 aromatic rings. The Morgan fingerprint density at radius 1 is 0.979 bits per heavy atom. The minimum Gasteiger partial charge on any atom is -0.464 e. The second-order valence-corrected chi connectivity index (χ2v) is 15.7. The normalized spacial score (nSPS) is 24.7. The number of amides is 1. The molecule has 1 heterocycles. The Hall–Kier alpha value is -3.99. The number of carbonyl (C=O) groups excluding carboxylic acids is 2. The van der Waals surface area contributed by atoms with Crippen molar-refractivity contribution < 1.29 is 22.7 Å². The van der Waals surface area contributed by atoms with E-state index in [1.54, 1.807) is 47.0 Å². The van der Waals surface area contributed by atoms with Crippen molar-refractivity contribution in [3.63, 3.8) is 0 Å². The molecule has 4 aliphatic rings. The van der Waals surface area contributed by atoms with Gasteiger partial charge in [0.25, 0.3) is 5.91 Å². The van der Waals surface area contributed by atoms with Crippen molar-refractivity contribution in [2.45, 2.75) is 50.1 Å². The molecule has 0 aliphatic heterocycles. The maximum Gasteiger partial charge on any atom is 0.355 e. The lowest BCUT2D eigenvalue weighted by atomic mass is 9.51. The molecular formula is C36H36ClN3O6S. The van der Waals surface area contributed by atoms with Crippen LogP contribution in [0.5, 0.6) is 0 Å². The Bertz CT molecular complexity index is 2050. The van der Waals surface area contributed by atoms with E-state index in [9.17, 15) is 22.8 Å². The summed E-state index contributed by atoms with van der Waals surface area (Å²) in [6, 6.07) is 21.3. The Morgan fingerprint density at radius 3 is 2.30 bits per heavy atom. The minimum atomic E-state index is -3.33. The number of esters is 1. The molecule has 47 heavy (non-hydrogen) atoms. The fourth-order valence-corrected chi connectivity index (χ4v) is 9.92.